The third-order valence-corrected chi connectivity index (χ3v) is 5.03. The van der Waals surface area contributed by atoms with Crippen LogP contribution in [0.4, 0.5) is 8.78 Å². The van der Waals surface area contributed by atoms with Crippen LogP contribution in [0.15, 0.2) is 51.8 Å². The first kappa shape index (κ1) is 17.0. The van der Waals surface area contributed by atoms with Crippen molar-refractivity contribution in [1.82, 2.24) is 5.32 Å². The van der Waals surface area contributed by atoms with Crippen LogP contribution in [0.3, 0.4) is 0 Å². The second-order valence-electron chi connectivity index (χ2n) is 4.67. The average molecular weight is 386 g/mol. The van der Waals surface area contributed by atoms with Crippen LogP contribution in [-0.2, 0) is 4.79 Å². The van der Waals surface area contributed by atoms with Crippen molar-refractivity contribution in [2.75, 3.05) is 5.75 Å². The first-order valence-electron chi connectivity index (χ1n) is 6.59. The third-order valence-electron chi connectivity index (χ3n) is 3.00. The van der Waals surface area contributed by atoms with Crippen LogP contribution >= 0.6 is 27.7 Å². The van der Waals surface area contributed by atoms with Crippen molar-refractivity contribution in [1.29, 1.82) is 0 Å². The summed E-state index contributed by atoms with van der Waals surface area (Å²) in [5.41, 5.74) is 0.264. The average Bonchev–Trinajstić information content (AvgIpc) is 2.46. The van der Waals surface area contributed by atoms with Crippen molar-refractivity contribution in [3.8, 4) is 0 Å². The van der Waals surface area contributed by atoms with Crippen LogP contribution < -0.4 is 5.32 Å². The Bertz CT molecular complexity index is 681. The lowest BCUT2D eigenvalue weighted by molar-refractivity contribution is -0.119. The molecule has 0 aliphatic carbocycles. The summed E-state index contributed by atoms with van der Waals surface area (Å²) in [6.45, 7) is 1.66. The minimum atomic E-state index is -0.661. The van der Waals surface area contributed by atoms with E-state index in [1.807, 2.05) is 24.3 Å². The molecule has 0 saturated heterocycles. The predicted molar refractivity (Wildman–Crippen MR) is 87.8 cm³/mol. The zero-order valence-electron chi connectivity index (χ0n) is 11.8. The van der Waals surface area contributed by atoms with Crippen LogP contribution in [0, 0.1) is 11.6 Å². The summed E-state index contributed by atoms with van der Waals surface area (Å²) in [7, 11) is 0. The van der Waals surface area contributed by atoms with Gasteiger partial charge in [-0.05, 0) is 41.1 Å². The third kappa shape index (κ3) is 4.55. The highest BCUT2D eigenvalue weighted by molar-refractivity contribution is 9.10. The molecule has 0 aliphatic rings. The van der Waals surface area contributed by atoms with Gasteiger partial charge in [-0.2, -0.15) is 0 Å². The number of carbonyl (C=O) groups is 1. The molecule has 0 heterocycles. The second kappa shape index (κ2) is 7.74. The van der Waals surface area contributed by atoms with Crippen LogP contribution in [-0.4, -0.2) is 11.7 Å². The summed E-state index contributed by atoms with van der Waals surface area (Å²) < 4.78 is 27.5. The van der Waals surface area contributed by atoms with Gasteiger partial charge in [0.25, 0.3) is 0 Å². The molecule has 0 spiro atoms. The molecule has 1 unspecified atom stereocenters. The highest BCUT2D eigenvalue weighted by Crippen LogP contribution is 2.27. The van der Waals surface area contributed by atoms with Gasteiger partial charge in [0.2, 0.25) is 5.91 Å². The summed E-state index contributed by atoms with van der Waals surface area (Å²) in [5.74, 6) is -1.29. The smallest absolute Gasteiger partial charge is 0.230 e. The Morgan fingerprint density at radius 3 is 2.68 bits per heavy atom. The monoisotopic (exact) mass is 385 g/mol. The normalized spacial score (nSPS) is 12.0. The number of rotatable bonds is 5. The van der Waals surface area contributed by atoms with Crippen molar-refractivity contribution in [3.05, 3.63) is 64.1 Å². The molecule has 6 heteroatoms. The number of carbonyl (C=O) groups excluding carboxylic acids is 1. The molecule has 0 bridgehead atoms. The lowest BCUT2D eigenvalue weighted by atomic mass is 10.1. The Morgan fingerprint density at radius 1 is 1.27 bits per heavy atom. The van der Waals surface area contributed by atoms with E-state index in [9.17, 15) is 13.6 Å². The van der Waals surface area contributed by atoms with E-state index in [1.165, 1.54) is 23.9 Å². The molecule has 2 aromatic carbocycles. The number of hydrogen-bond acceptors (Lipinski definition) is 2. The van der Waals surface area contributed by atoms with E-state index < -0.39 is 17.7 Å². The van der Waals surface area contributed by atoms with Gasteiger partial charge in [-0.1, -0.05) is 18.2 Å². The molecule has 2 rings (SSSR count). The summed E-state index contributed by atoms with van der Waals surface area (Å²) in [6.07, 6.45) is 0. The van der Waals surface area contributed by atoms with Crippen molar-refractivity contribution < 1.29 is 13.6 Å². The minimum absolute atomic E-state index is 0.211. The fourth-order valence-corrected chi connectivity index (χ4v) is 3.30. The molecule has 1 amide bonds. The molecule has 1 N–H and O–H groups in total. The zero-order valence-corrected chi connectivity index (χ0v) is 14.2. The van der Waals surface area contributed by atoms with E-state index in [-0.39, 0.29) is 17.2 Å². The second-order valence-corrected chi connectivity index (χ2v) is 6.55. The van der Waals surface area contributed by atoms with Crippen LogP contribution in [0.2, 0.25) is 0 Å². The Kier molecular flexibility index (Phi) is 5.97. The maximum absolute atomic E-state index is 13.7. The Morgan fingerprint density at radius 2 is 2.00 bits per heavy atom. The Balaban J connectivity index is 1.93. The zero-order chi connectivity index (χ0) is 16.1. The molecule has 2 nitrogen and oxygen atoms in total. The van der Waals surface area contributed by atoms with Crippen molar-refractivity contribution in [2.45, 2.75) is 17.9 Å². The largest absolute Gasteiger partial charge is 0.349 e. The van der Waals surface area contributed by atoms with Gasteiger partial charge in [0.05, 0.1) is 11.8 Å². The van der Waals surface area contributed by atoms with Crippen LogP contribution in [0.25, 0.3) is 0 Å². The number of hydrogen-bond donors (Lipinski definition) is 1. The van der Waals surface area contributed by atoms with E-state index in [1.54, 1.807) is 6.92 Å². The lowest BCUT2D eigenvalue weighted by Crippen LogP contribution is -2.28. The van der Waals surface area contributed by atoms with E-state index in [0.29, 0.717) is 0 Å². The molecule has 0 saturated carbocycles. The number of nitrogens with one attached hydrogen (secondary N) is 1. The molecule has 0 aromatic heterocycles. The van der Waals surface area contributed by atoms with Gasteiger partial charge in [-0.3, -0.25) is 4.79 Å². The summed E-state index contributed by atoms with van der Waals surface area (Å²) >= 11 is 4.80. The minimum Gasteiger partial charge on any atom is -0.349 e. The molecule has 2 aromatic rings. The fraction of sp³-hybridized carbons (Fsp3) is 0.188. The molecular formula is C16H14BrF2NOS. The van der Waals surface area contributed by atoms with Crippen molar-refractivity contribution in [3.63, 3.8) is 0 Å². The first-order chi connectivity index (χ1) is 10.5. The summed E-state index contributed by atoms with van der Waals surface area (Å²) in [6, 6.07) is 10.4. The fourth-order valence-electron chi connectivity index (χ4n) is 1.92. The SMILES string of the molecule is CC(NC(=O)CSc1ccccc1Br)c1ccc(F)cc1F. The van der Waals surface area contributed by atoms with Gasteiger partial charge in [0.1, 0.15) is 11.6 Å². The number of amides is 1. The molecule has 1 atom stereocenters. The Hall–Kier alpha value is -1.40. The molecule has 0 aliphatic heterocycles. The maximum atomic E-state index is 13.7. The predicted octanol–water partition coefficient (Wildman–Crippen LogP) is 4.70. The lowest BCUT2D eigenvalue weighted by Gasteiger charge is -2.15. The highest BCUT2D eigenvalue weighted by Gasteiger charge is 2.14. The van der Waals surface area contributed by atoms with E-state index in [2.05, 4.69) is 21.2 Å². The van der Waals surface area contributed by atoms with E-state index in [0.717, 1.165) is 15.4 Å². The molecule has 0 radical (unpaired) electrons. The van der Waals surface area contributed by atoms with Crippen LogP contribution in [0.1, 0.15) is 18.5 Å². The van der Waals surface area contributed by atoms with E-state index in [4.69, 9.17) is 0 Å². The number of benzene rings is 2. The standard InChI is InChI=1S/C16H14BrF2NOS/c1-10(12-7-6-11(18)8-14(12)19)20-16(21)9-22-15-5-3-2-4-13(15)17/h2-8,10H,9H2,1H3,(H,20,21). The summed E-state index contributed by atoms with van der Waals surface area (Å²) in [5, 5.41) is 2.71. The highest BCUT2D eigenvalue weighted by atomic mass is 79.9. The van der Waals surface area contributed by atoms with Gasteiger partial charge >= 0.3 is 0 Å². The van der Waals surface area contributed by atoms with Gasteiger partial charge in [0.15, 0.2) is 0 Å². The first-order valence-corrected chi connectivity index (χ1v) is 8.37. The number of thioether (sulfide) groups is 1. The molecule has 22 heavy (non-hydrogen) atoms. The molecule has 0 fully saturated rings. The summed E-state index contributed by atoms with van der Waals surface area (Å²) in [4.78, 5) is 12.9. The van der Waals surface area contributed by atoms with Gasteiger partial charge < -0.3 is 5.32 Å². The van der Waals surface area contributed by atoms with Gasteiger partial charge in [-0.25, -0.2) is 8.78 Å². The van der Waals surface area contributed by atoms with Crippen molar-refractivity contribution >= 4 is 33.6 Å². The van der Waals surface area contributed by atoms with E-state index >= 15 is 0 Å². The van der Waals surface area contributed by atoms with Gasteiger partial charge in [-0.15, -0.1) is 11.8 Å². The molecular weight excluding hydrogens is 372 g/mol. The van der Waals surface area contributed by atoms with Crippen molar-refractivity contribution in [2.24, 2.45) is 0 Å². The maximum Gasteiger partial charge on any atom is 0.230 e. The Labute approximate surface area is 140 Å². The molecule has 116 valence electrons. The quantitative estimate of drug-likeness (QED) is 0.755. The number of halogens is 3. The topological polar surface area (TPSA) is 29.1 Å². The van der Waals surface area contributed by atoms with Crippen LogP contribution in [0.5, 0.6) is 0 Å². The van der Waals surface area contributed by atoms with Gasteiger partial charge in [0, 0.05) is 21.0 Å².